The molecule has 0 aromatic heterocycles. The highest BCUT2D eigenvalue weighted by molar-refractivity contribution is 5.32. The molecular formula is C15H22N2O. The molecule has 1 aromatic rings. The third-order valence-corrected chi connectivity index (χ3v) is 3.00. The van der Waals surface area contributed by atoms with E-state index in [1.807, 2.05) is 19.2 Å². The van der Waals surface area contributed by atoms with E-state index in [0.29, 0.717) is 18.0 Å². The van der Waals surface area contributed by atoms with Crippen LogP contribution in [0.1, 0.15) is 37.5 Å². The summed E-state index contributed by atoms with van der Waals surface area (Å²) in [4.78, 5) is 2.14. The zero-order chi connectivity index (χ0) is 13.5. The molecule has 3 nitrogen and oxygen atoms in total. The Morgan fingerprint density at radius 3 is 2.39 bits per heavy atom. The minimum absolute atomic E-state index is 0.491. The van der Waals surface area contributed by atoms with Crippen molar-refractivity contribution in [2.24, 2.45) is 5.92 Å². The Labute approximate surface area is 110 Å². The molecule has 1 N–H and O–H groups in total. The summed E-state index contributed by atoms with van der Waals surface area (Å²) >= 11 is 0. The Balaban J connectivity index is 2.48. The number of likely N-dealkylation sites (N-methyl/N-ethyl adjacent to an activating group) is 1. The van der Waals surface area contributed by atoms with Crippen LogP contribution in [-0.4, -0.2) is 30.1 Å². The highest BCUT2D eigenvalue weighted by Crippen LogP contribution is 2.15. The molecule has 0 aliphatic carbocycles. The number of aliphatic hydroxyl groups excluding tert-OH is 1. The predicted molar refractivity (Wildman–Crippen MR) is 73.1 cm³/mol. The smallest absolute Gasteiger partial charge is 0.0991 e. The van der Waals surface area contributed by atoms with Crippen LogP contribution >= 0.6 is 0 Å². The molecule has 0 heterocycles. The maximum Gasteiger partial charge on any atom is 0.0991 e. The van der Waals surface area contributed by atoms with Gasteiger partial charge in [0, 0.05) is 6.54 Å². The molecule has 1 aromatic carbocycles. The number of aliphatic hydroxyl groups is 1. The van der Waals surface area contributed by atoms with Crippen LogP contribution in [0.15, 0.2) is 24.3 Å². The van der Waals surface area contributed by atoms with E-state index in [2.05, 4.69) is 24.8 Å². The van der Waals surface area contributed by atoms with Crippen LogP contribution in [0.25, 0.3) is 0 Å². The van der Waals surface area contributed by atoms with Gasteiger partial charge >= 0.3 is 0 Å². The summed E-state index contributed by atoms with van der Waals surface area (Å²) in [5, 5.41) is 18.8. The maximum absolute atomic E-state index is 10.1. The first kappa shape index (κ1) is 14.7. The lowest BCUT2D eigenvalue weighted by atomic mass is 10.1. The highest BCUT2D eigenvalue weighted by atomic mass is 16.3. The van der Waals surface area contributed by atoms with E-state index in [1.165, 1.54) is 0 Å². The average molecular weight is 246 g/mol. The van der Waals surface area contributed by atoms with E-state index in [-0.39, 0.29) is 0 Å². The second kappa shape index (κ2) is 7.15. The summed E-state index contributed by atoms with van der Waals surface area (Å²) < 4.78 is 0. The fourth-order valence-electron chi connectivity index (χ4n) is 1.75. The van der Waals surface area contributed by atoms with Crippen molar-refractivity contribution in [3.8, 4) is 6.07 Å². The molecule has 1 rings (SSSR count). The van der Waals surface area contributed by atoms with E-state index in [1.54, 1.807) is 12.1 Å². The number of nitrogens with zero attached hydrogens (tertiary/aromatic N) is 2. The molecule has 1 unspecified atom stereocenters. The summed E-state index contributed by atoms with van der Waals surface area (Å²) in [7, 11) is 2.02. The van der Waals surface area contributed by atoms with Gasteiger partial charge in [-0.15, -0.1) is 0 Å². The van der Waals surface area contributed by atoms with E-state index in [9.17, 15) is 5.11 Å². The Morgan fingerprint density at radius 1 is 1.28 bits per heavy atom. The monoisotopic (exact) mass is 246 g/mol. The standard InChI is InChI=1S/C15H22N2O/c1-12(2)8-9-17(3)11-15(18)14-6-4-13(10-16)5-7-14/h4-7,12,15,18H,8-9,11H2,1-3H3. The highest BCUT2D eigenvalue weighted by Gasteiger charge is 2.10. The fourth-order valence-corrected chi connectivity index (χ4v) is 1.75. The Morgan fingerprint density at radius 2 is 1.89 bits per heavy atom. The molecule has 18 heavy (non-hydrogen) atoms. The van der Waals surface area contributed by atoms with E-state index in [0.717, 1.165) is 18.5 Å². The SMILES string of the molecule is CC(C)CCN(C)CC(O)c1ccc(C#N)cc1. The van der Waals surface area contributed by atoms with Gasteiger partial charge < -0.3 is 10.0 Å². The topological polar surface area (TPSA) is 47.3 Å². The second-order valence-corrected chi connectivity index (χ2v) is 5.19. The van der Waals surface area contributed by atoms with Gasteiger partial charge in [0.2, 0.25) is 0 Å². The minimum atomic E-state index is -0.491. The molecular weight excluding hydrogens is 224 g/mol. The number of hydrogen-bond donors (Lipinski definition) is 1. The molecule has 3 heteroatoms. The lowest BCUT2D eigenvalue weighted by molar-refractivity contribution is 0.124. The molecule has 0 saturated carbocycles. The van der Waals surface area contributed by atoms with Crippen LogP contribution < -0.4 is 0 Å². The van der Waals surface area contributed by atoms with Crippen LogP contribution in [0, 0.1) is 17.2 Å². The largest absolute Gasteiger partial charge is 0.387 e. The molecule has 0 bridgehead atoms. The van der Waals surface area contributed by atoms with E-state index < -0.39 is 6.10 Å². The molecule has 0 aliphatic rings. The third-order valence-electron chi connectivity index (χ3n) is 3.00. The van der Waals surface area contributed by atoms with Crippen LogP contribution in [0.4, 0.5) is 0 Å². The molecule has 0 spiro atoms. The van der Waals surface area contributed by atoms with Crippen molar-refractivity contribution in [3.63, 3.8) is 0 Å². The van der Waals surface area contributed by atoms with Gasteiger partial charge in [0.25, 0.3) is 0 Å². The Bertz CT molecular complexity index is 392. The van der Waals surface area contributed by atoms with Crippen LogP contribution in [0.3, 0.4) is 0 Å². The summed E-state index contributed by atoms with van der Waals surface area (Å²) in [6.07, 6.45) is 0.645. The number of nitriles is 1. The van der Waals surface area contributed by atoms with Gasteiger partial charge in [0.1, 0.15) is 0 Å². The molecule has 0 radical (unpaired) electrons. The molecule has 0 aliphatic heterocycles. The average Bonchev–Trinajstić information content (AvgIpc) is 2.36. The van der Waals surface area contributed by atoms with Crippen LogP contribution in [0.5, 0.6) is 0 Å². The minimum Gasteiger partial charge on any atom is -0.387 e. The van der Waals surface area contributed by atoms with E-state index in [4.69, 9.17) is 5.26 Å². The maximum atomic E-state index is 10.1. The number of rotatable bonds is 6. The van der Waals surface area contributed by atoms with Crippen molar-refractivity contribution >= 4 is 0 Å². The van der Waals surface area contributed by atoms with Gasteiger partial charge in [-0.2, -0.15) is 5.26 Å². The second-order valence-electron chi connectivity index (χ2n) is 5.19. The zero-order valence-electron chi connectivity index (χ0n) is 11.4. The molecule has 98 valence electrons. The quantitative estimate of drug-likeness (QED) is 0.839. The van der Waals surface area contributed by atoms with Crippen molar-refractivity contribution in [2.75, 3.05) is 20.1 Å². The lowest BCUT2D eigenvalue weighted by Crippen LogP contribution is -2.26. The van der Waals surface area contributed by atoms with Gasteiger partial charge in [-0.1, -0.05) is 26.0 Å². The van der Waals surface area contributed by atoms with Gasteiger partial charge in [0.05, 0.1) is 17.7 Å². The summed E-state index contributed by atoms with van der Waals surface area (Å²) in [5.74, 6) is 0.680. The van der Waals surface area contributed by atoms with Gasteiger partial charge in [-0.25, -0.2) is 0 Å². The first-order valence-corrected chi connectivity index (χ1v) is 6.39. The molecule has 0 saturated heterocycles. The zero-order valence-corrected chi connectivity index (χ0v) is 11.4. The van der Waals surface area contributed by atoms with Crippen molar-refractivity contribution in [1.82, 2.24) is 4.90 Å². The normalized spacial score (nSPS) is 12.7. The molecule has 0 fully saturated rings. The van der Waals surface area contributed by atoms with Crippen molar-refractivity contribution in [3.05, 3.63) is 35.4 Å². The number of hydrogen-bond acceptors (Lipinski definition) is 3. The Hall–Kier alpha value is -1.37. The first-order valence-electron chi connectivity index (χ1n) is 6.39. The lowest BCUT2D eigenvalue weighted by Gasteiger charge is -2.21. The van der Waals surface area contributed by atoms with Crippen molar-refractivity contribution in [1.29, 1.82) is 5.26 Å². The van der Waals surface area contributed by atoms with Gasteiger partial charge in [-0.05, 0) is 43.6 Å². The van der Waals surface area contributed by atoms with Crippen molar-refractivity contribution < 1.29 is 5.11 Å². The fraction of sp³-hybridized carbons (Fsp3) is 0.533. The first-order chi connectivity index (χ1) is 8.52. The summed E-state index contributed by atoms with van der Waals surface area (Å²) in [6.45, 7) is 6.01. The molecule has 0 amide bonds. The van der Waals surface area contributed by atoms with Crippen LogP contribution in [-0.2, 0) is 0 Å². The van der Waals surface area contributed by atoms with Gasteiger partial charge in [0.15, 0.2) is 0 Å². The van der Waals surface area contributed by atoms with Crippen LogP contribution in [0.2, 0.25) is 0 Å². The van der Waals surface area contributed by atoms with Crippen molar-refractivity contribution in [2.45, 2.75) is 26.4 Å². The Kier molecular flexibility index (Phi) is 5.84. The van der Waals surface area contributed by atoms with E-state index >= 15 is 0 Å². The van der Waals surface area contributed by atoms with Gasteiger partial charge in [-0.3, -0.25) is 0 Å². The molecule has 1 atom stereocenters. The number of benzene rings is 1. The predicted octanol–water partition coefficient (Wildman–Crippen LogP) is 2.57. The summed E-state index contributed by atoms with van der Waals surface area (Å²) in [5.41, 5.74) is 1.49. The summed E-state index contributed by atoms with van der Waals surface area (Å²) in [6, 6.07) is 9.20. The third kappa shape index (κ3) is 4.87.